The Hall–Kier alpha value is -1.68. The number of thioether (sulfide) groups is 1. The van der Waals surface area contributed by atoms with Gasteiger partial charge in [-0.05, 0) is 73.6 Å². The molecule has 3 fully saturated rings. The number of hydrogen-bond acceptors (Lipinski definition) is 8. The van der Waals surface area contributed by atoms with Crippen molar-refractivity contribution < 1.29 is 9.53 Å². The fourth-order valence-corrected chi connectivity index (χ4v) is 6.82. The molecule has 10 heteroatoms. The summed E-state index contributed by atoms with van der Waals surface area (Å²) >= 11 is 1.76. The maximum Gasteiger partial charge on any atom is 0.244 e. The number of hydrogen-bond donors (Lipinski definition) is 1. The summed E-state index contributed by atoms with van der Waals surface area (Å²) in [5.41, 5.74) is 0. The molecule has 2 aliphatic heterocycles. The number of piperidine rings is 1. The summed E-state index contributed by atoms with van der Waals surface area (Å²) in [6.07, 6.45) is 9.98. The zero-order valence-corrected chi connectivity index (χ0v) is 18.4. The highest BCUT2D eigenvalue weighted by Gasteiger charge is 2.42. The van der Waals surface area contributed by atoms with Gasteiger partial charge in [-0.2, -0.15) is 0 Å². The number of nitrogens with one attached hydrogen (secondary N) is 1. The number of likely N-dealkylation sites (tertiary alicyclic amines) is 1. The molecule has 1 N–H and O–H groups in total. The zero-order chi connectivity index (χ0) is 20.6. The summed E-state index contributed by atoms with van der Waals surface area (Å²) in [7, 11) is 0. The van der Waals surface area contributed by atoms with E-state index in [9.17, 15) is 4.79 Å². The van der Waals surface area contributed by atoms with Gasteiger partial charge in [0, 0.05) is 19.1 Å². The molecule has 5 rings (SSSR count). The molecule has 164 valence electrons. The van der Waals surface area contributed by atoms with Crippen molar-refractivity contribution in [1.29, 1.82) is 0 Å². The zero-order valence-electron chi connectivity index (χ0n) is 17.6. The highest BCUT2D eigenvalue weighted by atomic mass is 32.2. The van der Waals surface area contributed by atoms with E-state index in [4.69, 9.17) is 4.74 Å². The van der Waals surface area contributed by atoms with Gasteiger partial charge in [0.25, 0.3) is 0 Å². The van der Waals surface area contributed by atoms with Crippen LogP contribution in [-0.4, -0.2) is 67.0 Å². The van der Waals surface area contributed by atoms with Crippen molar-refractivity contribution in [2.75, 3.05) is 19.8 Å². The molecule has 2 aliphatic carbocycles. The molecule has 4 atom stereocenters. The summed E-state index contributed by atoms with van der Waals surface area (Å²) in [6, 6.07) is 0.604. The molecule has 9 nitrogen and oxygen atoms in total. The van der Waals surface area contributed by atoms with E-state index in [1.165, 1.54) is 36.7 Å². The normalized spacial score (nSPS) is 34.2. The van der Waals surface area contributed by atoms with Crippen molar-refractivity contribution >= 4 is 22.8 Å². The lowest BCUT2D eigenvalue weighted by Gasteiger charge is -2.39. The van der Waals surface area contributed by atoms with E-state index in [0.29, 0.717) is 18.7 Å². The highest BCUT2D eigenvalue weighted by molar-refractivity contribution is 8.14. The summed E-state index contributed by atoms with van der Waals surface area (Å²) < 4.78 is 7.58. The van der Waals surface area contributed by atoms with Crippen LogP contribution in [-0.2, 0) is 16.1 Å². The molecule has 0 radical (unpaired) electrons. The van der Waals surface area contributed by atoms with E-state index >= 15 is 0 Å². The molecule has 1 amide bonds. The van der Waals surface area contributed by atoms with E-state index in [1.807, 2.05) is 4.90 Å². The topological polar surface area (TPSA) is 97.5 Å². The second kappa shape index (κ2) is 8.45. The number of aliphatic imine (C=N–C) groups is 1. The molecule has 2 saturated carbocycles. The minimum Gasteiger partial charge on any atom is -0.362 e. The number of carbonyl (C=O) groups is 1. The average Bonchev–Trinajstić information content (AvgIpc) is 3.47. The Bertz CT molecular complexity index is 780. The Labute approximate surface area is 181 Å². The van der Waals surface area contributed by atoms with Gasteiger partial charge in [-0.3, -0.25) is 4.79 Å². The maximum absolute atomic E-state index is 12.4. The number of ether oxygens (including phenoxy) is 1. The Balaban J connectivity index is 1.09. The van der Waals surface area contributed by atoms with Gasteiger partial charge in [-0.25, -0.2) is 9.67 Å². The van der Waals surface area contributed by atoms with Gasteiger partial charge in [0.1, 0.15) is 24.5 Å². The molecule has 1 unspecified atom stereocenters. The number of carbonyl (C=O) groups excluding carboxylic acids is 1. The van der Waals surface area contributed by atoms with E-state index in [2.05, 4.69) is 32.8 Å². The van der Waals surface area contributed by atoms with Crippen LogP contribution in [0.4, 0.5) is 0 Å². The third-order valence-electron chi connectivity index (χ3n) is 7.25. The van der Waals surface area contributed by atoms with Crippen LogP contribution in [0.3, 0.4) is 0 Å². The van der Waals surface area contributed by atoms with E-state index in [-0.39, 0.29) is 17.4 Å². The molecule has 0 aromatic carbocycles. The predicted molar refractivity (Wildman–Crippen MR) is 113 cm³/mol. The Morgan fingerprint density at radius 3 is 2.87 bits per heavy atom. The number of amidine groups is 1. The molecule has 2 bridgehead atoms. The minimum absolute atomic E-state index is 0.0831. The van der Waals surface area contributed by atoms with Crippen molar-refractivity contribution in [1.82, 2.24) is 30.4 Å². The van der Waals surface area contributed by atoms with E-state index in [0.717, 1.165) is 49.4 Å². The second-order valence-corrected chi connectivity index (χ2v) is 10.9. The Morgan fingerprint density at radius 2 is 2.17 bits per heavy atom. The first-order valence-electron chi connectivity index (χ1n) is 11.2. The summed E-state index contributed by atoms with van der Waals surface area (Å²) in [6.45, 7) is 4.43. The van der Waals surface area contributed by atoms with Crippen molar-refractivity contribution in [3.05, 3.63) is 6.33 Å². The van der Waals surface area contributed by atoms with Crippen LogP contribution in [0.1, 0.15) is 51.9 Å². The first-order chi connectivity index (χ1) is 14.6. The fraction of sp³-hybridized carbons (Fsp3) is 0.850. The lowest BCUT2D eigenvalue weighted by atomic mass is 9.91. The maximum atomic E-state index is 12.4. The molecule has 0 spiro atoms. The smallest absolute Gasteiger partial charge is 0.244 e. The first-order valence-corrected chi connectivity index (χ1v) is 12.0. The van der Waals surface area contributed by atoms with Crippen LogP contribution in [0.5, 0.6) is 0 Å². The van der Waals surface area contributed by atoms with Crippen LogP contribution in [0, 0.1) is 17.8 Å². The van der Waals surface area contributed by atoms with Crippen molar-refractivity contribution in [2.45, 2.75) is 69.4 Å². The van der Waals surface area contributed by atoms with Gasteiger partial charge in [0.05, 0.1) is 0 Å². The number of aromatic nitrogens is 4. The van der Waals surface area contributed by atoms with Crippen LogP contribution in [0.15, 0.2) is 11.3 Å². The molecule has 3 heterocycles. The van der Waals surface area contributed by atoms with Crippen LogP contribution >= 0.6 is 11.8 Å². The third kappa shape index (κ3) is 4.49. The largest absolute Gasteiger partial charge is 0.362 e. The van der Waals surface area contributed by atoms with Gasteiger partial charge in [-0.15, -0.1) is 5.10 Å². The van der Waals surface area contributed by atoms with Gasteiger partial charge in [-0.1, -0.05) is 18.2 Å². The van der Waals surface area contributed by atoms with Crippen LogP contribution in [0.2, 0.25) is 0 Å². The van der Waals surface area contributed by atoms with Gasteiger partial charge in [0.15, 0.2) is 5.17 Å². The van der Waals surface area contributed by atoms with Crippen molar-refractivity contribution in [3.8, 4) is 0 Å². The minimum atomic E-state index is -0.245. The molecule has 1 aromatic rings. The summed E-state index contributed by atoms with van der Waals surface area (Å²) in [5.74, 6) is 2.40. The Morgan fingerprint density at radius 1 is 1.30 bits per heavy atom. The lowest BCUT2D eigenvalue weighted by Crippen LogP contribution is -2.44. The number of fused-ring (bicyclic) bond motifs is 2. The highest BCUT2D eigenvalue weighted by Crippen LogP contribution is 2.45. The lowest BCUT2D eigenvalue weighted by molar-refractivity contribution is -0.133. The van der Waals surface area contributed by atoms with Crippen molar-refractivity contribution in [2.24, 2.45) is 22.7 Å². The Kier molecular flexibility index (Phi) is 5.70. The standard InChI is InChI=1S/C20H31N7O2S/c1-20(29-13-21-19(30-20)23-17-9-15-2-3-16(17)8-15)10-14-4-6-26(7-5-14)18(28)11-27-12-22-24-25-27/h12,14-17H,2-11,13H2,1H3,(H,21,23)/t15-,16+,17+,20?/m1/s1. The number of amides is 1. The average molecular weight is 434 g/mol. The van der Waals surface area contributed by atoms with E-state index < -0.39 is 0 Å². The SMILES string of the molecule is CC1(CC2CCN(C(=O)Cn3cnnn3)CC2)OCN=C(N[C@H]2C[C@@H]3CC[C@H]2C3)S1. The van der Waals surface area contributed by atoms with E-state index in [1.54, 1.807) is 11.8 Å². The first kappa shape index (κ1) is 20.2. The molecule has 30 heavy (non-hydrogen) atoms. The monoisotopic (exact) mass is 433 g/mol. The molecular formula is C20H31N7O2S. The third-order valence-corrected chi connectivity index (χ3v) is 8.41. The number of rotatable bonds is 5. The summed E-state index contributed by atoms with van der Waals surface area (Å²) in [5, 5.41) is 15.8. The van der Waals surface area contributed by atoms with Crippen LogP contribution in [0.25, 0.3) is 0 Å². The molecule has 4 aliphatic rings. The predicted octanol–water partition coefficient (Wildman–Crippen LogP) is 1.87. The molecule has 1 aromatic heterocycles. The van der Waals surface area contributed by atoms with Gasteiger partial charge >= 0.3 is 0 Å². The van der Waals surface area contributed by atoms with Crippen LogP contribution < -0.4 is 5.32 Å². The quantitative estimate of drug-likeness (QED) is 0.757. The van der Waals surface area contributed by atoms with Gasteiger partial charge < -0.3 is 15.0 Å². The van der Waals surface area contributed by atoms with Gasteiger partial charge in [0.2, 0.25) is 5.91 Å². The van der Waals surface area contributed by atoms with Crippen molar-refractivity contribution in [3.63, 3.8) is 0 Å². The number of tetrazole rings is 1. The fourth-order valence-electron chi connectivity index (χ4n) is 5.65. The molecule has 1 saturated heterocycles. The summed E-state index contributed by atoms with van der Waals surface area (Å²) in [4.78, 5) is 18.7. The molecular weight excluding hydrogens is 402 g/mol. The second-order valence-electron chi connectivity index (χ2n) is 9.43. The number of nitrogens with zero attached hydrogens (tertiary/aromatic N) is 6.